The van der Waals surface area contributed by atoms with Crippen LogP contribution >= 0.6 is 0 Å². The molecule has 4 aliphatic rings. The number of rotatable bonds is 8. The molecule has 282 valence electrons. The van der Waals surface area contributed by atoms with E-state index in [1.165, 1.54) is 26.0 Å². The predicted molar refractivity (Wildman–Crippen MR) is 179 cm³/mol. The van der Waals surface area contributed by atoms with Crippen LogP contribution in [0.2, 0.25) is 0 Å². The van der Waals surface area contributed by atoms with Gasteiger partial charge in [-0.2, -0.15) is 0 Å². The van der Waals surface area contributed by atoms with Crippen LogP contribution in [-0.2, 0) is 28.5 Å². The van der Waals surface area contributed by atoms with Crippen molar-refractivity contribution in [1.29, 1.82) is 0 Å². The molecule has 1 unspecified atom stereocenters. The summed E-state index contributed by atoms with van der Waals surface area (Å²) < 4.78 is 22.8. The summed E-state index contributed by atoms with van der Waals surface area (Å²) in [6.45, 7) is 12.3. The van der Waals surface area contributed by atoms with Gasteiger partial charge in [0.15, 0.2) is 11.9 Å². The molecule has 11 atom stereocenters. The van der Waals surface area contributed by atoms with E-state index in [1.54, 1.807) is 59.7 Å². The van der Waals surface area contributed by atoms with Crippen molar-refractivity contribution < 1.29 is 63.7 Å². The summed E-state index contributed by atoms with van der Waals surface area (Å²) >= 11 is 0. The number of ketones is 1. The molecule has 1 aromatic rings. The highest BCUT2D eigenvalue weighted by atomic mass is 16.6. The Kier molecular flexibility index (Phi) is 10.3. The highest BCUT2D eigenvalue weighted by Gasteiger charge is 2.76. The minimum absolute atomic E-state index is 0.0285. The van der Waals surface area contributed by atoms with Crippen molar-refractivity contribution in [3.63, 3.8) is 0 Å². The number of fused-ring (bicyclic) bond motifs is 5. The third-order valence-corrected chi connectivity index (χ3v) is 11.8. The minimum Gasteiger partial charge on any atom is -0.456 e. The van der Waals surface area contributed by atoms with Gasteiger partial charge in [0.05, 0.1) is 41.9 Å². The number of benzene rings is 1. The number of alkyl carbamates (subject to hydrolysis) is 1. The van der Waals surface area contributed by atoms with E-state index < -0.39 is 113 Å². The van der Waals surface area contributed by atoms with Gasteiger partial charge in [0, 0.05) is 24.2 Å². The first kappa shape index (κ1) is 38.8. The van der Waals surface area contributed by atoms with Crippen LogP contribution < -0.4 is 5.32 Å². The standard InChI is InChI=1S/C37H51NO13/c1-17(2)25(38-33(45)49-18(3)4)27(41)32(44)50-21-15-37(47)30(51-31(43)20-12-10-9-11-13-20)28-35(8,22(39)14-23-36(28,46)16-48-23)29(42)26(40)24(19(21)5)34(37,6)7/h9-13,17-18,21-23,25-28,30,39-41,46-47H,14-16H2,1-8H3,(H,38,45)/t21?,22-,23+,25-,26+,27+,28-,30-,35+,36-,37+/m0/s1. The third kappa shape index (κ3) is 6.17. The summed E-state index contributed by atoms with van der Waals surface area (Å²) in [6, 6.07) is 6.75. The highest BCUT2D eigenvalue weighted by molar-refractivity contribution is 5.94. The maximum absolute atomic E-state index is 14.6. The third-order valence-electron chi connectivity index (χ3n) is 11.8. The molecule has 0 radical (unpaired) electrons. The van der Waals surface area contributed by atoms with Gasteiger partial charge in [-0.05, 0) is 56.9 Å². The van der Waals surface area contributed by atoms with Crippen molar-refractivity contribution in [3.05, 3.63) is 47.0 Å². The van der Waals surface area contributed by atoms with E-state index in [0.717, 1.165) is 0 Å². The van der Waals surface area contributed by atoms with Crippen LogP contribution in [0.5, 0.6) is 0 Å². The van der Waals surface area contributed by atoms with E-state index in [-0.39, 0.29) is 29.7 Å². The van der Waals surface area contributed by atoms with Gasteiger partial charge in [0.1, 0.15) is 29.5 Å². The Morgan fingerprint density at radius 3 is 2.18 bits per heavy atom. The lowest BCUT2D eigenvalue weighted by Crippen LogP contribution is -2.81. The van der Waals surface area contributed by atoms with Crippen LogP contribution in [0, 0.1) is 22.7 Å². The molecule has 1 amide bonds. The predicted octanol–water partition coefficient (Wildman–Crippen LogP) is 1.58. The van der Waals surface area contributed by atoms with Crippen molar-refractivity contribution in [2.75, 3.05) is 6.61 Å². The fourth-order valence-electron chi connectivity index (χ4n) is 8.73. The molecule has 1 aromatic carbocycles. The fraction of sp³-hybridized carbons (Fsp3) is 0.676. The van der Waals surface area contributed by atoms with Crippen LogP contribution in [0.25, 0.3) is 0 Å². The van der Waals surface area contributed by atoms with E-state index in [2.05, 4.69) is 5.32 Å². The lowest BCUT2D eigenvalue weighted by atomic mass is 9.44. The van der Waals surface area contributed by atoms with E-state index in [4.69, 9.17) is 18.9 Å². The average Bonchev–Trinajstić information content (AvgIpc) is 3.05. The summed E-state index contributed by atoms with van der Waals surface area (Å²) in [5.41, 5.74) is -7.41. The molecule has 1 aliphatic heterocycles. The van der Waals surface area contributed by atoms with E-state index >= 15 is 0 Å². The number of amides is 1. The number of aliphatic hydroxyl groups is 5. The minimum atomic E-state index is -2.28. The maximum atomic E-state index is 14.6. The second-order valence-corrected chi connectivity index (χ2v) is 15.9. The zero-order chi connectivity index (χ0) is 38.0. The van der Waals surface area contributed by atoms with Gasteiger partial charge in [-0.1, -0.05) is 45.9 Å². The second kappa shape index (κ2) is 13.5. The molecule has 3 fully saturated rings. The summed E-state index contributed by atoms with van der Waals surface area (Å²) in [5, 5.41) is 62.5. The number of ether oxygens (including phenoxy) is 4. The zero-order valence-corrected chi connectivity index (χ0v) is 30.3. The van der Waals surface area contributed by atoms with E-state index in [9.17, 15) is 44.7 Å². The van der Waals surface area contributed by atoms with E-state index in [0.29, 0.717) is 0 Å². The van der Waals surface area contributed by atoms with Gasteiger partial charge in [-0.3, -0.25) is 4.79 Å². The average molecular weight is 718 g/mol. The van der Waals surface area contributed by atoms with Gasteiger partial charge in [0.25, 0.3) is 0 Å². The number of aliphatic hydroxyl groups excluding tert-OH is 3. The number of esters is 2. The molecule has 0 spiro atoms. The first-order chi connectivity index (χ1) is 23.6. The smallest absolute Gasteiger partial charge is 0.407 e. The molecule has 1 heterocycles. The molecule has 1 saturated heterocycles. The Balaban J connectivity index is 1.63. The van der Waals surface area contributed by atoms with Crippen LogP contribution in [0.15, 0.2) is 41.5 Å². The van der Waals surface area contributed by atoms with Crippen molar-refractivity contribution in [2.24, 2.45) is 22.7 Å². The largest absolute Gasteiger partial charge is 0.456 e. The van der Waals surface area contributed by atoms with Crippen LogP contribution in [0.4, 0.5) is 4.79 Å². The zero-order valence-electron chi connectivity index (χ0n) is 30.3. The topological polar surface area (TPSA) is 218 Å². The first-order valence-electron chi connectivity index (χ1n) is 17.4. The van der Waals surface area contributed by atoms with Crippen molar-refractivity contribution in [2.45, 2.75) is 128 Å². The van der Waals surface area contributed by atoms with Gasteiger partial charge < -0.3 is 49.8 Å². The quantitative estimate of drug-likeness (QED) is 0.128. The molecule has 3 aliphatic carbocycles. The lowest BCUT2D eigenvalue weighted by molar-refractivity contribution is -0.343. The highest BCUT2D eigenvalue weighted by Crippen LogP contribution is 2.63. The van der Waals surface area contributed by atoms with Crippen molar-refractivity contribution >= 4 is 23.8 Å². The summed E-state index contributed by atoms with van der Waals surface area (Å²) in [4.78, 5) is 54.5. The second-order valence-electron chi connectivity index (χ2n) is 15.9. The Morgan fingerprint density at radius 2 is 1.63 bits per heavy atom. The number of Topliss-reactive ketones (excluding diaryl/α,β-unsaturated/α-hetero) is 1. The number of nitrogens with one attached hydrogen (secondary N) is 1. The van der Waals surface area contributed by atoms with Gasteiger partial charge in [-0.25, -0.2) is 14.4 Å². The first-order valence-corrected chi connectivity index (χ1v) is 17.4. The number of carbonyl (C=O) groups is 4. The number of hydrogen-bond acceptors (Lipinski definition) is 13. The molecule has 6 N–H and O–H groups in total. The molecular formula is C37H51NO13. The van der Waals surface area contributed by atoms with Crippen LogP contribution in [-0.4, -0.2) is 116 Å². The molecule has 2 saturated carbocycles. The summed E-state index contributed by atoms with van der Waals surface area (Å²) in [7, 11) is 0. The molecule has 5 rings (SSSR count). The maximum Gasteiger partial charge on any atom is 0.407 e. The van der Waals surface area contributed by atoms with Gasteiger partial charge in [-0.15, -0.1) is 0 Å². The normalized spacial score (nSPS) is 36.8. The lowest BCUT2D eigenvalue weighted by Gasteiger charge is -2.66. The monoisotopic (exact) mass is 717 g/mol. The molecule has 14 heteroatoms. The Morgan fingerprint density at radius 1 is 1.00 bits per heavy atom. The number of carbonyl (C=O) groups excluding carboxylic acids is 4. The Bertz CT molecular complexity index is 1570. The van der Waals surface area contributed by atoms with Crippen molar-refractivity contribution in [1.82, 2.24) is 5.32 Å². The van der Waals surface area contributed by atoms with Crippen LogP contribution in [0.3, 0.4) is 0 Å². The molecule has 14 nitrogen and oxygen atoms in total. The van der Waals surface area contributed by atoms with E-state index in [1.807, 2.05) is 0 Å². The SMILES string of the molecule is CC1=C2[C@@H](O)C(=O)[C@@]3(C)[C@H]([C@H](OC(=O)c4ccccc4)[C@](O)(CC1OC(=O)[C@H](O)[C@@H](NC(=O)OC(C)C)C(C)C)C2(C)C)[C@]1(O)CO[C@@H]1C[C@@H]3O. The summed E-state index contributed by atoms with van der Waals surface area (Å²) in [5.74, 6) is -4.93. The van der Waals surface area contributed by atoms with Gasteiger partial charge >= 0.3 is 18.0 Å². The number of hydrogen-bond donors (Lipinski definition) is 6. The Hall–Kier alpha value is -3.40. The van der Waals surface area contributed by atoms with Crippen LogP contribution in [0.1, 0.15) is 78.6 Å². The van der Waals surface area contributed by atoms with Gasteiger partial charge in [0.2, 0.25) is 0 Å². The molecule has 2 bridgehead atoms. The molecule has 51 heavy (non-hydrogen) atoms. The molecule has 0 aromatic heterocycles. The molecular weight excluding hydrogens is 666 g/mol. The fourth-order valence-corrected chi connectivity index (χ4v) is 8.73. The van der Waals surface area contributed by atoms with Crippen molar-refractivity contribution in [3.8, 4) is 0 Å². The Labute approximate surface area is 297 Å². The summed E-state index contributed by atoms with van der Waals surface area (Å²) in [6.07, 6.45) is -11.4.